The number of Topliss-reactive ketones (excluding diaryl/α,β-unsaturated/α-hetero) is 1. The molecular weight excluding hydrogens is 234 g/mol. The summed E-state index contributed by atoms with van der Waals surface area (Å²) >= 11 is 0. The van der Waals surface area contributed by atoms with E-state index in [1.54, 1.807) is 27.7 Å². The van der Waals surface area contributed by atoms with Crippen LogP contribution in [0.4, 0.5) is 0 Å². The fraction of sp³-hybridized carbons (Fsp3) is 0.846. The van der Waals surface area contributed by atoms with E-state index in [9.17, 15) is 14.7 Å². The maximum atomic E-state index is 12.1. The first-order valence-corrected chi connectivity index (χ1v) is 6.34. The van der Waals surface area contributed by atoms with Gasteiger partial charge in [-0.3, -0.25) is 14.5 Å². The van der Waals surface area contributed by atoms with E-state index in [0.717, 1.165) is 0 Å². The third kappa shape index (κ3) is 3.53. The van der Waals surface area contributed by atoms with Crippen LogP contribution in [-0.2, 0) is 14.3 Å². The lowest BCUT2D eigenvalue weighted by molar-refractivity contribution is -0.158. The molecule has 18 heavy (non-hydrogen) atoms. The first-order chi connectivity index (χ1) is 8.19. The summed E-state index contributed by atoms with van der Waals surface area (Å²) in [5, 5.41) is 9.83. The Morgan fingerprint density at radius 1 is 1.44 bits per heavy atom. The Kier molecular flexibility index (Phi) is 4.50. The monoisotopic (exact) mass is 257 g/mol. The van der Waals surface area contributed by atoms with Gasteiger partial charge in [0.05, 0.1) is 18.8 Å². The van der Waals surface area contributed by atoms with Crippen molar-refractivity contribution in [3.63, 3.8) is 0 Å². The molecule has 0 aromatic carbocycles. The predicted molar refractivity (Wildman–Crippen MR) is 67.1 cm³/mol. The molecule has 0 aromatic heterocycles. The Balaban J connectivity index is 2.57. The SMILES string of the molecule is CCOC(=O)C(C)(C)C(=O)CN1CCC(C)(O)C1. The molecule has 1 rings (SSSR count). The van der Waals surface area contributed by atoms with Crippen LogP contribution in [0.5, 0.6) is 0 Å². The molecule has 0 saturated carbocycles. The number of hydrogen-bond acceptors (Lipinski definition) is 5. The van der Waals surface area contributed by atoms with E-state index in [1.165, 1.54) is 0 Å². The smallest absolute Gasteiger partial charge is 0.319 e. The number of carbonyl (C=O) groups is 2. The molecule has 1 fully saturated rings. The Morgan fingerprint density at radius 3 is 2.50 bits per heavy atom. The maximum Gasteiger partial charge on any atom is 0.319 e. The van der Waals surface area contributed by atoms with Gasteiger partial charge in [-0.1, -0.05) is 0 Å². The van der Waals surface area contributed by atoms with Crippen molar-refractivity contribution in [2.45, 2.75) is 39.7 Å². The van der Waals surface area contributed by atoms with Crippen LogP contribution in [0.25, 0.3) is 0 Å². The van der Waals surface area contributed by atoms with E-state index >= 15 is 0 Å². The van der Waals surface area contributed by atoms with Crippen LogP contribution in [0.2, 0.25) is 0 Å². The molecule has 0 aliphatic carbocycles. The summed E-state index contributed by atoms with van der Waals surface area (Å²) in [6.45, 7) is 8.25. The summed E-state index contributed by atoms with van der Waals surface area (Å²) in [5.41, 5.74) is -1.85. The van der Waals surface area contributed by atoms with Crippen LogP contribution in [-0.4, -0.2) is 53.6 Å². The van der Waals surface area contributed by atoms with Crippen molar-refractivity contribution in [3.05, 3.63) is 0 Å². The summed E-state index contributed by atoms with van der Waals surface area (Å²) in [4.78, 5) is 25.7. The molecule has 0 aromatic rings. The lowest BCUT2D eigenvalue weighted by Crippen LogP contribution is -2.42. The second kappa shape index (κ2) is 5.36. The van der Waals surface area contributed by atoms with E-state index < -0.39 is 17.0 Å². The van der Waals surface area contributed by atoms with E-state index in [2.05, 4.69) is 0 Å². The molecule has 0 radical (unpaired) electrons. The number of aliphatic hydroxyl groups is 1. The zero-order valence-electron chi connectivity index (χ0n) is 11.7. The van der Waals surface area contributed by atoms with Crippen molar-refractivity contribution in [1.29, 1.82) is 0 Å². The average molecular weight is 257 g/mol. The Hall–Kier alpha value is -0.940. The number of ketones is 1. The number of esters is 1. The Morgan fingerprint density at radius 2 is 2.06 bits per heavy atom. The van der Waals surface area contributed by atoms with Crippen LogP contribution in [0.3, 0.4) is 0 Å². The number of rotatable bonds is 5. The molecule has 1 saturated heterocycles. The van der Waals surface area contributed by atoms with Crippen LogP contribution in [0, 0.1) is 5.41 Å². The number of ether oxygens (including phenoxy) is 1. The van der Waals surface area contributed by atoms with Crippen LogP contribution < -0.4 is 0 Å². The molecular formula is C13H23NO4. The quantitative estimate of drug-likeness (QED) is 0.577. The third-order valence-corrected chi connectivity index (χ3v) is 3.38. The fourth-order valence-electron chi connectivity index (χ4n) is 2.00. The van der Waals surface area contributed by atoms with Gasteiger partial charge in [0.2, 0.25) is 0 Å². The van der Waals surface area contributed by atoms with Gasteiger partial charge in [-0.05, 0) is 34.1 Å². The first kappa shape index (κ1) is 15.1. The number of β-amino-alcohol motifs (C(OH)–C–C–N with tert-alkyl or cyclic N) is 1. The molecule has 1 aliphatic heterocycles. The highest BCUT2D eigenvalue weighted by atomic mass is 16.5. The number of likely N-dealkylation sites (tertiary alicyclic amines) is 1. The van der Waals surface area contributed by atoms with E-state index in [1.807, 2.05) is 4.90 Å². The number of hydrogen-bond donors (Lipinski definition) is 1. The van der Waals surface area contributed by atoms with Crippen LogP contribution in [0.15, 0.2) is 0 Å². The predicted octanol–water partition coefficient (Wildman–Crippen LogP) is 0.602. The first-order valence-electron chi connectivity index (χ1n) is 6.34. The van der Waals surface area contributed by atoms with E-state index in [4.69, 9.17) is 4.74 Å². The van der Waals surface area contributed by atoms with Gasteiger partial charge in [0, 0.05) is 13.1 Å². The molecule has 0 spiro atoms. The number of carbonyl (C=O) groups excluding carboxylic acids is 2. The van der Waals surface area contributed by atoms with Crippen molar-refractivity contribution >= 4 is 11.8 Å². The minimum absolute atomic E-state index is 0.168. The summed E-state index contributed by atoms with van der Waals surface area (Å²) in [7, 11) is 0. The van der Waals surface area contributed by atoms with Gasteiger partial charge >= 0.3 is 5.97 Å². The molecule has 1 aliphatic rings. The molecule has 5 heteroatoms. The zero-order chi connectivity index (χ0) is 14.0. The van der Waals surface area contributed by atoms with Gasteiger partial charge < -0.3 is 9.84 Å². The van der Waals surface area contributed by atoms with Gasteiger partial charge in [-0.25, -0.2) is 0 Å². The summed E-state index contributed by atoms with van der Waals surface area (Å²) in [6.07, 6.45) is 0.653. The molecule has 1 N–H and O–H groups in total. The van der Waals surface area contributed by atoms with Crippen molar-refractivity contribution in [2.24, 2.45) is 5.41 Å². The summed E-state index contributed by atoms with van der Waals surface area (Å²) in [6, 6.07) is 0. The molecule has 1 atom stereocenters. The van der Waals surface area contributed by atoms with Crippen LogP contribution >= 0.6 is 0 Å². The number of nitrogens with zero attached hydrogens (tertiary/aromatic N) is 1. The maximum absolute atomic E-state index is 12.1. The molecule has 1 unspecified atom stereocenters. The topological polar surface area (TPSA) is 66.8 Å². The van der Waals surface area contributed by atoms with E-state index in [0.29, 0.717) is 19.5 Å². The Labute approximate surface area is 108 Å². The second-order valence-electron chi connectivity index (χ2n) is 5.73. The average Bonchev–Trinajstić information content (AvgIpc) is 2.58. The summed E-state index contributed by atoms with van der Waals surface area (Å²) < 4.78 is 4.91. The highest BCUT2D eigenvalue weighted by Crippen LogP contribution is 2.24. The molecule has 1 heterocycles. The molecule has 0 amide bonds. The van der Waals surface area contributed by atoms with Crippen molar-refractivity contribution < 1.29 is 19.4 Å². The molecule has 104 valence electrons. The third-order valence-electron chi connectivity index (χ3n) is 3.38. The van der Waals surface area contributed by atoms with Gasteiger partial charge in [-0.2, -0.15) is 0 Å². The van der Waals surface area contributed by atoms with Gasteiger partial charge in [0.15, 0.2) is 5.78 Å². The standard InChI is InChI=1S/C13H23NO4/c1-5-18-11(16)12(2,3)10(15)8-14-7-6-13(4,17)9-14/h17H,5-9H2,1-4H3. The zero-order valence-corrected chi connectivity index (χ0v) is 11.7. The van der Waals surface area contributed by atoms with Gasteiger partial charge in [0.1, 0.15) is 5.41 Å². The minimum atomic E-state index is -1.12. The van der Waals surface area contributed by atoms with Gasteiger partial charge in [-0.15, -0.1) is 0 Å². The van der Waals surface area contributed by atoms with Crippen molar-refractivity contribution in [2.75, 3.05) is 26.2 Å². The van der Waals surface area contributed by atoms with Gasteiger partial charge in [0.25, 0.3) is 0 Å². The summed E-state index contributed by atoms with van der Waals surface area (Å²) in [5.74, 6) is -0.653. The van der Waals surface area contributed by atoms with Crippen molar-refractivity contribution in [3.8, 4) is 0 Å². The highest BCUT2D eigenvalue weighted by molar-refractivity contribution is 6.03. The minimum Gasteiger partial charge on any atom is -0.465 e. The normalized spacial score (nSPS) is 25.2. The Bertz CT molecular complexity index is 336. The lowest BCUT2D eigenvalue weighted by Gasteiger charge is -2.24. The fourth-order valence-corrected chi connectivity index (χ4v) is 2.00. The second-order valence-corrected chi connectivity index (χ2v) is 5.73. The largest absolute Gasteiger partial charge is 0.465 e. The molecule has 0 bridgehead atoms. The van der Waals surface area contributed by atoms with E-state index in [-0.39, 0.29) is 18.9 Å². The highest BCUT2D eigenvalue weighted by Gasteiger charge is 2.40. The van der Waals surface area contributed by atoms with Crippen LogP contribution in [0.1, 0.15) is 34.1 Å². The van der Waals surface area contributed by atoms with Crippen molar-refractivity contribution in [1.82, 2.24) is 4.90 Å². The lowest BCUT2D eigenvalue weighted by atomic mass is 9.88. The molecule has 5 nitrogen and oxygen atoms in total.